The fraction of sp³-hybridized carbons (Fsp3) is 0. The van der Waals surface area contributed by atoms with E-state index in [0.29, 0.717) is 0 Å². The highest BCUT2D eigenvalue weighted by Crippen LogP contribution is 2.48. The highest BCUT2D eigenvalue weighted by molar-refractivity contribution is 6.14. The summed E-state index contributed by atoms with van der Waals surface area (Å²) in [6.07, 6.45) is 0. The molecule has 2 heterocycles. The van der Waals surface area contributed by atoms with Crippen molar-refractivity contribution in [2.75, 3.05) is 0 Å². The molecule has 7 aromatic rings. The number of hydrogen-bond donors (Lipinski definition) is 0. The Hall–Kier alpha value is -4.82. The number of rotatable bonds is 2. The minimum Gasteiger partial charge on any atom is -0.456 e. The molecule has 0 fully saturated rings. The molecule has 0 spiro atoms. The first-order valence-electron chi connectivity index (χ1n) is 19.8. The van der Waals surface area contributed by atoms with Crippen LogP contribution in [0.5, 0.6) is 11.5 Å². The van der Waals surface area contributed by atoms with Gasteiger partial charge in [0.2, 0.25) is 0 Å². The van der Waals surface area contributed by atoms with E-state index in [1.807, 2.05) is 0 Å². The molecule has 0 aliphatic carbocycles. The van der Waals surface area contributed by atoms with Crippen LogP contribution in [0.3, 0.4) is 0 Å². The van der Waals surface area contributed by atoms with Crippen LogP contribution in [0.15, 0.2) is 127 Å². The fourth-order valence-electron chi connectivity index (χ4n) is 4.66. The molecule has 36 heavy (non-hydrogen) atoms. The molecule has 2 heteroatoms. The Morgan fingerprint density at radius 3 is 2.25 bits per heavy atom. The number of hydrogen-bond acceptors (Lipinski definition) is 1. The first-order chi connectivity index (χ1) is 25.3. The fourth-order valence-corrected chi connectivity index (χ4v) is 4.66. The number of fused-ring (bicyclic) bond motifs is 5. The molecule has 0 unspecified atom stereocenters. The van der Waals surface area contributed by atoms with Gasteiger partial charge in [0.25, 0.3) is 0 Å². The lowest BCUT2D eigenvalue weighted by Crippen LogP contribution is -1.98. The third-order valence-corrected chi connectivity index (χ3v) is 6.14. The molecule has 1 aliphatic rings. The Morgan fingerprint density at radius 1 is 0.583 bits per heavy atom. The number of aromatic nitrogens is 1. The van der Waals surface area contributed by atoms with E-state index < -0.39 is 114 Å². The molecule has 0 bridgehead atoms. The van der Waals surface area contributed by atoms with Gasteiger partial charge in [-0.05, 0) is 52.8 Å². The number of benzene rings is 6. The molecule has 168 valence electrons. The van der Waals surface area contributed by atoms with Crippen molar-refractivity contribution in [2.45, 2.75) is 0 Å². The molecule has 1 aromatic heterocycles. The number of ether oxygens (including phenoxy) is 1. The van der Waals surface area contributed by atoms with E-state index in [4.69, 9.17) is 28.0 Å². The van der Waals surface area contributed by atoms with Gasteiger partial charge in [-0.1, -0.05) is 90.7 Å². The molecule has 0 atom stereocenters. The molecule has 8 rings (SSSR count). The van der Waals surface area contributed by atoms with E-state index in [0.717, 1.165) is 4.57 Å². The van der Waals surface area contributed by atoms with E-state index in [-0.39, 0.29) is 66.3 Å². The minimum atomic E-state index is -0.767. The van der Waals surface area contributed by atoms with Crippen molar-refractivity contribution in [2.24, 2.45) is 0 Å². The summed E-state index contributed by atoms with van der Waals surface area (Å²) in [7, 11) is 0. The average Bonchev–Trinajstić information content (AvgIpc) is 3.49. The van der Waals surface area contributed by atoms with Crippen molar-refractivity contribution in [1.29, 1.82) is 0 Å². The van der Waals surface area contributed by atoms with Crippen LogP contribution in [0.25, 0.3) is 60.5 Å². The first-order valence-corrected chi connectivity index (χ1v) is 10.8. The van der Waals surface area contributed by atoms with Gasteiger partial charge in [-0.25, -0.2) is 0 Å². The van der Waals surface area contributed by atoms with Gasteiger partial charge in [-0.2, -0.15) is 0 Å². The quantitative estimate of drug-likeness (QED) is 0.242. The summed E-state index contributed by atoms with van der Waals surface area (Å²) in [4.78, 5) is 0. The molecule has 0 saturated heterocycles. The molecule has 0 amide bonds. The van der Waals surface area contributed by atoms with Gasteiger partial charge in [-0.15, -0.1) is 0 Å². The maximum absolute atomic E-state index is 9.18. The third-order valence-electron chi connectivity index (χ3n) is 6.14. The molecular weight excluding hydrogens is 438 g/mol. The number of para-hydroxylation sites is 3. The van der Waals surface area contributed by atoms with Crippen molar-refractivity contribution in [1.82, 2.24) is 4.57 Å². The van der Waals surface area contributed by atoms with Crippen molar-refractivity contribution < 1.29 is 29.4 Å². The molecule has 2 nitrogen and oxygen atoms in total. The van der Waals surface area contributed by atoms with Crippen molar-refractivity contribution >= 4 is 32.6 Å². The lowest BCUT2D eigenvalue weighted by molar-refractivity contribution is 0.487. The molecule has 0 saturated carbocycles. The summed E-state index contributed by atoms with van der Waals surface area (Å²) in [6, 6.07) is -7.38. The lowest BCUT2D eigenvalue weighted by Gasteiger charge is -2.22. The Kier molecular flexibility index (Phi) is 1.83. The smallest absolute Gasteiger partial charge is 0.135 e. The molecule has 0 radical (unpaired) electrons. The summed E-state index contributed by atoms with van der Waals surface area (Å²) in [5.41, 5.74) is -1.25. The standard InChI is InChI=1S/C34H21NO/c1-2-11-24(12-3-1)35-30-17-5-4-13-26(30)28-16-8-14-25(34(28)35)23-19-20-31-29(21-23)27-15-6-9-22-10-7-18-32(36-31)33(22)27/h1-21H/i1D,2D,3D,4D,5D,6D,7D,8D,9D,10D,11D,12D,13D,14D,15D,16D,17D,18D. The van der Waals surface area contributed by atoms with Crippen LogP contribution in [0.2, 0.25) is 0 Å². The van der Waals surface area contributed by atoms with Crippen molar-refractivity contribution in [3.63, 3.8) is 0 Å². The van der Waals surface area contributed by atoms with Gasteiger partial charge in [0.15, 0.2) is 0 Å². The second-order valence-electron chi connectivity index (χ2n) is 8.02. The summed E-state index contributed by atoms with van der Waals surface area (Å²) >= 11 is 0. The van der Waals surface area contributed by atoms with E-state index in [1.165, 1.54) is 18.2 Å². The molecule has 6 aromatic carbocycles. The predicted octanol–water partition coefficient (Wildman–Crippen LogP) is 9.38. The largest absolute Gasteiger partial charge is 0.456 e. The lowest BCUT2D eigenvalue weighted by atomic mass is 9.92. The summed E-state index contributed by atoms with van der Waals surface area (Å²) in [6.45, 7) is 0. The van der Waals surface area contributed by atoms with Crippen LogP contribution in [0, 0.1) is 0 Å². The van der Waals surface area contributed by atoms with E-state index >= 15 is 0 Å². The average molecular weight is 478 g/mol. The van der Waals surface area contributed by atoms with Gasteiger partial charge >= 0.3 is 0 Å². The first kappa shape index (κ1) is 9.00. The van der Waals surface area contributed by atoms with Crippen LogP contribution in [0.1, 0.15) is 24.7 Å². The highest BCUT2D eigenvalue weighted by atomic mass is 16.5. The van der Waals surface area contributed by atoms with Crippen LogP contribution >= 0.6 is 0 Å². The Bertz CT molecular complexity index is 2920. The SMILES string of the molecule is [2H]c1c([2H])c([2H])c(-n2c3c([2H])c([2H])c([2H])c([2H])c3c3c([2H])c([2H])c([2H])c(-c4ccc5c(c4)-c4c([2H])c([2H])c([2H])c6c([2H])c([2H])c([2H])c(c46)O5)c32)c([2H])c1[2H]. The summed E-state index contributed by atoms with van der Waals surface area (Å²) < 4.78 is 163. The van der Waals surface area contributed by atoms with E-state index in [2.05, 4.69) is 0 Å². The second kappa shape index (κ2) is 7.34. The van der Waals surface area contributed by atoms with E-state index in [9.17, 15) is 1.37 Å². The molecule has 1 aliphatic heterocycles. The van der Waals surface area contributed by atoms with Gasteiger partial charge in [-0.3, -0.25) is 0 Å². The van der Waals surface area contributed by atoms with Crippen LogP contribution in [-0.2, 0) is 0 Å². The Balaban J connectivity index is 1.61. The van der Waals surface area contributed by atoms with Crippen molar-refractivity contribution in [3.05, 3.63) is 127 Å². The second-order valence-corrected chi connectivity index (χ2v) is 8.02. The minimum absolute atomic E-state index is 0.0252. The number of nitrogens with zero attached hydrogens (tertiary/aromatic N) is 1. The Morgan fingerprint density at radius 2 is 1.33 bits per heavy atom. The summed E-state index contributed by atoms with van der Waals surface area (Å²) in [5.74, 6) is -0.177. The predicted molar refractivity (Wildman–Crippen MR) is 149 cm³/mol. The molecule has 0 N–H and O–H groups in total. The van der Waals surface area contributed by atoms with Crippen LogP contribution in [0.4, 0.5) is 0 Å². The van der Waals surface area contributed by atoms with Gasteiger partial charge < -0.3 is 9.30 Å². The topological polar surface area (TPSA) is 14.2 Å². The summed E-state index contributed by atoms with van der Waals surface area (Å²) in [5, 5.41) is -0.795. The zero-order valence-corrected chi connectivity index (χ0v) is 18.1. The zero-order chi connectivity index (χ0) is 39.3. The third kappa shape index (κ3) is 2.67. The van der Waals surface area contributed by atoms with Crippen LogP contribution < -0.4 is 4.74 Å². The van der Waals surface area contributed by atoms with Gasteiger partial charge in [0.1, 0.15) is 11.5 Å². The van der Waals surface area contributed by atoms with E-state index in [1.54, 1.807) is 0 Å². The monoisotopic (exact) mass is 477 g/mol. The van der Waals surface area contributed by atoms with Gasteiger partial charge in [0.05, 0.1) is 35.7 Å². The van der Waals surface area contributed by atoms with Crippen LogP contribution in [-0.4, -0.2) is 4.57 Å². The molecular formula is C34H21NO. The normalized spacial score (nSPS) is 19.1. The Labute approximate surface area is 233 Å². The maximum Gasteiger partial charge on any atom is 0.135 e. The van der Waals surface area contributed by atoms with Crippen molar-refractivity contribution in [3.8, 4) is 39.4 Å². The highest BCUT2D eigenvalue weighted by Gasteiger charge is 2.22. The van der Waals surface area contributed by atoms with Gasteiger partial charge in [0, 0.05) is 33.0 Å². The maximum atomic E-state index is 9.18. The zero-order valence-electron chi connectivity index (χ0n) is 36.1.